The predicted molar refractivity (Wildman–Crippen MR) is 111 cm³/mol. The molecular weight excluding hydrogens is 334 g/mol. The molecule has 0 radical (unpaired) electrons. The van der Waals surface area contributed by atoms with E-state index >= 15 is 0 Å². The standard InChI is InChI=1S/C23H31N3O/c1-3-4-14-25(2)23(27)21-10-13-24-22(18-21)26-15-11-20(12-16-26)17-19-8-6-5-7-9-19/h5-10,13,18,20H,3-4,11-12,14-17H2,1-2H3. The molecule has 2 heterocycles. The van der Waals surface area contributed by atoms with Crippen LogP contribution in [0.2, 0.25) is 0 Å². The van der Waals surface area contributed by atoms with Crippen LogP contribution in [0.25, 0.3) is 0 Å². The number of pyridine rings is 1. The minimum atomic E-state index is 0.0889. The van der Waals surface area contributed by atoms with Gasteiger partial charge in [0.05, 0.1) is 0 Å². The highest BCUT2D eigenvalue weighted by Crippen LogP contribution is 2.25. The van der Waals surface area contributed by atoms with Crippen molar-refractivity contribution in [1.29, 1.82) is 0 Å². The van der Waals surface area contributed by atoms with Crippen LogP contribution >= 0.6 is 0 Å². The van der Waals surface area contributed by atoms with E-state index in [4.69, 9.17) is 0 Å². The van der Waals surface area contributed by atoms with Gasteiger partial charge in [0, 0.05) is 38.4 Å². The number of unbranched alkanes of at least 4 members (excludes halogenated alkanes) is 1. The number of anilines is 1. The Labute approximate surface area is 163 Å². The predicted octanol–water partition coefficient (Wildman–Crippen LogP) is 4.41. The summed E-state index contributed by atoms with van der Waals surface area (Å²) in [7, 11) is 1.88. The highest BCUT2D eigenvalue weighted by Gasteiger charge is 2.21. The molecule has 4 nitrogen and oxygen atoms in total. The van der Waals surface area contributed by atoms with Crippen LogP contribution in [-0.2, 0) is 6.42 Å². The molecule has 1 amide bonds. The lowest BCUT2D eigenvalue weighted by Crippen LogP contribution is -2.35. The van der Waals surface area contributed by atoms with Gasteiger partial charge in [-0.05, 0) is 49.3 Å². The van der Waals surface area contributed by atoms with Gasteiger partial charge >= 0.3 is 0 Å². The van der Waals surface area contributed by atoms with E-state index in [1.807, 2.05) is 24.1 Å². The van der Waals surface area contributed by atoms with Crippen LogP contribution in [0.1, 0.15) is 48.5 Å². The Morgan fingerprint density at radius 1 is 1.19 bits per heavy atom. The second-order valence-electron chi connectivity index (χ2n) is 7.60. The molecule has 1 aromatic heterocycles. The Morgan fingerprint density at radius 2 is 1.93 bits per heavy atom. The fourth-order valence-electron chi connectivity index (χ4n) is 3.76. The molecule has 3 rings (SSSR count). The Morgan fingerprint density at radius 3 is 2.63 bits per heavy atom. The summed E-state index contributed by atoms with van der Waals surface area (Å²) in [5.41, 5.74) is 2.17. The Hall–Kier alpha value is -2.36. The van der Waals surface area contributed by atoms with E-state index < -0.39 is 0 Å². The molecule has 27 heavy (non-hydrogen) atoms. The van der Waals surface area contributed by atoms with Gasteiger partial charge in [-0.25, -0.2) is 4.98 Å². The second-order valence-corrected chi connectivity index (χ2v) is 7.60. The molecule has 1 fully saturated rings. The number of rotatable bonds is 7. The van der Waals surface area contributed by atoms with E-state index in [0.717, 1.165) is 56.2 Å². The average Bonchev–Trinajstić information content (AvgIpc) is 2.73. The molecule has 4 heteroatoms. The van der Waals surface area contributed by atoms with Crippen LogP contribution in [-0.4, -0.2) is 42.5 Å². The third kappa shape index (κ3) is 5.31. The Bertz CT molecular complexity index is 723. The first kappa shape index (κ1) is 19.4. The third-order valence-corrected chi connectivity index (χ3v) is 5.49. The quantitative estimate of drug-likeness (QED) is 0.729. The topological polar surface area (TPSA) is 36.4 Å². The molecule has 1 aromatic carbocycles. The SMILES string of the molecule is CCCCN(C)C(=O)c1ccnc(N2CCC(Cc3ccccc3)CC2)c1. The van der Waals surface area contributed by atoms with Crippen molar-refractivity contribution in [2.75, 3.05) is 31.6 Å². The number of hydrogen-bond donors (Lipinski definition) is 0. The van der Waals surface area contributed by atoms with Crippen LogP contribution in [0.4, 0.5) is 5.82 Å². The lowest BCUT2D eigenvalue weighted by molar-refractivity contribution is 0.0793. The minimum Gasteiger partial charge on any atom is -0.357 e. The van der Waals surface area contributed by atoms with Crippen molar-refractivity contribution in [1.82, 2.24) is 9.88 Å². The Kier molecular flexibility index (Phi) is 6.86. The minimum absolute atomic E-state index is 0.0889. The average molecular weight is 366 g/mol. The first-order valence-corrected chi connectivity index (χ1v) is 10.2. The van der Waals surface area contributed by atoms with Crippen molar-refractivity contribution in [3.05, 3.63) is 59.8 Å². The highest BCUT2D eigenvalue weighted by molar-refractivity contribution is 5.94. The van der Waals surface area contributed by atoms with E-state index in [-0.39, 0.29) is 5.91 Å². The molecule has 2 aromatic rings. The van der Waals surface area contributed by atoms with Crippen molar-refractivity contribution in [3.8, 4) is 0 Å². The highest BCUT2D eigenvalue weighted by atomic mass is 16.2. The molecule has 0 atom stereocenters. The molecule has 1 aliphatic rings. The van der Waals surface area contributed by atoms with Crippen molar-refractivity contribution in [2.24, 2.45) is 5.92 Å². The van der Waals surface area contributed by atoms with Crippen LogP contribution in [0.15, 0.2) is 48.7 Å². The summed E-state index contributed by atoms with van der Waals surface area (Å²) in [5, 5.41) is 0. The molecule has 0 spiro atoms. The molecule has 144 valence electrons. The number of aromatic nitrogens is 1. The summed E-state index contributed by atoms with van der Waals surface area (Å²) in [5.74, 6) is 1.75. The molecule has 1 aliphatic heterocycles. The molecular formula is C23H31N3O. The zero-order chi connectivity index (χ0) is 19.1. The smallest absolute Gasteiger partial charge is 0.253 e. The van der Waals surface area contributed by atoms with Crippen molar-refractivity contribution in [3.63, 3.8) is 0 Å². The maximum atomic E-state index is 12.6. The normalized spacial score (nSPS) is 15.0. The zero-order valence-electron chi connectivity index (χ0n) is 16.6. The van der Waals surface area contributed by atoms with E-state index in [1.54, 1.807) is 6.20 Å². The van der Waals surface area contributed by atoms with Gasteiger partial charge in [-0.1, -0.05) is 43.7 Å². The van der Waals surface area contributed by atoms with Gasteiger partial charge in [-0.2, -0.15) is 0 Å². The number of nitrogens with zero attached hydrogens (tertiary/aromatic N) is 3. The number of benzene rings is 1. The second kappa shape index (κ2) is 9.54. The summed E-state index contributed by atoms with van der Waals surface area (Å²) in [4.78, 5) is 21.3. The first-order chi connectivity index (χ1) is 13.2. The van der Waals surface area contributed by atoms with Gasteiger partial charge in [-0.15, -0.1) is 0 Å². The third-order valence-electron chi connectivity index (χ3n) is 5.49. The van der Waals surface area contributed by atoms with Crippen molar-refractivity contribution >= 4 is 11.7 Å². The van der Waals surface area contributed by atoms with Crippen LogP contribution in [0, 0.1) is 5.92 Å². The number of hydrogen-bond acceptors (Lipinski definition) is 3. The molecule has 0 saturated carbocycles. The monoisotopic (exact) mass is 365 g/mol. The Balaban J connectivity index is 1.57. The lowest BCUT2D eigenvalue weighted by Gasteiger charge is -2.33. The van der Waals surface area contributed by atoms with Gasteiger partial charge in [0.25, 0.3) is 5.91 Å². The van der Waals surface area contributed by atoms with Crippen LogP contribution in [0.5, 0.6) is 0 Å². The van der Waals surface area contributed by atoms with E-state index in [2.05, 4.69) is 47.1 Å². The zero-order valence-corrected chi connectivity index (χ0v) is 16.6. The summed E-state index contributed by atoms with van der Waals surface area (Å²) in [6, 6.07) is 14.5. The number of amides is 1. The number of carbonyl (C=O) groups is 1. The van der Waals surface area contributed by atoms with Gasteiger partial charge in [0.15, 0.2) is 0 Å². The summed E-state index contributed by atoms with van der Waals surface area (Å²) in [6.45, 7) is 4.96. The van der Waals surface area contributed by atoms with Crippen molar-refractivity contribution in [2.45, 2.75) is 39.0 Å². The van der Waals surface area contributed by atoms with Gasteiger partial charge in [-0.3, -0.25) is 4.79 Å². The molecule has 0 bridgehead atoms. The fourth-order valence-corrected chi connectivity index (χ4v) is 3.76. The lowest BCUT2D eigenvalue weighted by atomic mass is 9.90. The van der Waals surface area contributed by atoms with E-state index in [9.17, 15) is 4.79 Å². The van der Waals surface area contributed by atoms with E-state index in [0.29, 0.717) is 0 Å². The van der Waals surface area contributed by atoms with Gasteiger partial charge in [0.2, 0.25) is 0 Å². The molecule has 1 saturated heterocycles. The van der Waals surface area contributed by atoms with Gasteiger partial charge in [0.1, 0.15) is 5.82 Å². The number of carbonyl (C=O) groups excluding carboxylic acids is 1. The summed E-state index contributed by atoms with van der Waals surface area (Å²) < 4.78 is 0. The van der Waals surface area contributed by atoms with Crippen LogP contribution < -0.4 is 4.90 Å². The summed E-state index contributed by atoms with van der Waals surface area (Å²) >= 11 is 0. The summed E-state index contributed by atoms with van der Waals surface area (Å²) in [6.07, 6.45) is 7.40. The van der Waals surface area contributed by atoms with Crippen LogP contribution in [0.3, 0.4) is 0 Å². The van der Waals surface area contributed by atoms with Crippen molar-refractivity contribution < 1.29 is 4.79 Å². The molecule has 0 aliphatic carbocycles. The van der Waals surface area contributed by atoms with E-state index in [1.165, 1.54) is 18.4 Å². The van der Waals surface area contributed by atoms with Gasteiger partial charge < -0.3 is 9.80 Å². The first-order valence-electron chi connectivity index (χ1n) is 10.2. The molecule has 0 unspecified atom stereocenters. The fraction of sp³-hybridized carbons (Fsp3) is 0.478. The largest absolute Gasteiger partial charge is 0.357 e. The number of piperidine rings is 1. The maximum Gasteiger partial charge on any atom is 0.253 e. The maximum absolute atomic E-state index is 12.6. The molecule has 0 N–H and O–H groups in total.